The molecule has 0 aromatic carbocycles. The SMILES string of the molecule is CC(C)(C)CC(OC(CC(C)(C)C)C(=O)N1CCCC1)C(=O)N1CCCC1. The Morgan fingerprint density at radius 1 is 0.704 bits per heavy atom. The molecule has 2 aliphatic heterocycles. The Bertz CT molecular complexity index is 461. The van der Waals surface area contributed by atoms with Crippen LogP contribution in [0.15, 0.2) is 0 Å². The van der Waals surface area contributed by atoms with E-state index in [0.29, 0.717) is 12.8 Å². The number of likely N-dealkylation sites (tertiary alicyclic amines) is 2. The summed E-state index contributed by atoms with van der Waals surface area (Å²) >= 11 is 0. The van der Waals surface area contributed by atoms with Crippen LogP contribution in [0.4, 0.5) is 0 Å². The van der Waals surface area contributed by atoms with E-state index in [-0.39, 0.29) is 22.6 Å². The summed E-state index contributed by atoms with van der Waals surface area (Å²) in [5, 5.41) is 0. The maximum absolute atomic E-state index is 13.1. The minimum Gasteiger partial charge on any atom is -0.355 e. The van der Waals surface area contributed by atoms with Gasteiger partial charge >= 0.3 is 0 Å². The molecule has 5 heteroatoms. The van der Waals surface area contributed by atoms with Crippen LogP contribution in [-0.4, -0.2) is 60.0 Å². The summed E-state index contributed by atoms with van der Waals surface area (Å²) in [5.74, 6) is 0.131. The highest BCUT2D eigenvalue weighted by Crippen LogP contribution is 2.30. The highest BCUT2D eigenvalue weighted by molar-refractivity contribution is 5.84. The second kappa shape index (κ2) is 8.93. The zero-order chi connectivity index (χ0) is 20.2. The number of rotatable bonds is 6. The predicted molar refractivity (Wildman–Crippen MR) is 108 cm³/mol. The second-order valence-electron chi connectivity index (χ2n) is 10.7. The van der Waals surface area contributed by atoms with E-state index >= 15 is 0 Å². The van der Waals surface area contributed by atoms with Crippen LogP contribution < -0.4 is 0 Å². The van der Waals surface area contributed by atoms with Crippen molar-refractivity contribution >= 4 is 11.8 Å². The first-order valence-electron chi connectivity index (χ1n) is 10.7. The number of amides is 2. The first-order valence-corrected chi connectivity index (χ1v) is 10.7. The molecule has 2 aliphatic rings. The van der Waals surface area contributed by atoms with Crippen LogP contribution in [-0.2, 0) is 14.3 Å². The molecule has 5 nitrogen and oxygen atoms in total. The topological polar surface area (TPSA) is 49.9 Å². The van der Waals surface area contributed by atoms with E-state index in [2.05, 4.69) is 41.5 Å². The average molecular weight is 381 g/mol. The van der Waals surface area contributed by atoms with Gasteiger partial charge in [-0.2, -0.15) is 0 Å². The minimum absolute atomic E-state index is 0.0387. The molecule has 0 spiro atoms. The molecule has 0 radical (unpaired) electrons. The van der Waals surface area contributed by atoms with Gasteiger partial charge in [0.25, 0.3) is 11.8 Å². The van der Waals surface area contributed by atoms with Crippen molar-refractivity contribution in [3.63, 3.8) is 0 Å². The third kappa shape index (κ3) is 7.10. The third-order valence-corrected chi connectivity index (χ3v) is 5.31. The van der Waals surface area contributed by atoms with Gasteiger partial charge in [-0.05, 0) is 49.4 Å². The fraction of sp³-hybridized carbons (Fsp3) is 0.909. The molecule has 27 heavy (non-hydrogen) atoms. The highest BCUT2D eigenvalue weighted by atomic mass is 16.5. The van der Waals surface area contributed by atoms with Gasteiger partial charge in [0.05, 0.1) is 0 Å². The molecule has 2 unspecified atom stereocenters. The van der Waals surface area contributed by atoms with E-state index in [4.69, 9.17) is 4.74 Å². The predicted octanol–water partition coefficient (Wildman–Crippen LogP) is 3.86. The molecule has 2 heterocycles. The first-order chi connectivity index (χ1) is 12.5. The standard InChI is InChI=1S/C22H40N2O3/c1-21(2,3)15-17(19(25)23-11-7-8-12-23)27-18(16-22(4,5)6)20(26)24-13-9-10-14-24/h17-18H,7-16H2,1-6H3. The Hall–Kier alpha value is -1.10. The largest absolute Gasteiger partial charge is 0.355 e. The molecule has 0 aromatic heterocycles. The molecule has 0 N–H and O–H groups in total. The number of hydrogen-bond donors (Lipinski definition) is 0. The summed E-state index contributed by atoms with van der Waals surface area (Å²) in [4.78, 5) is 30.1. The number of nitrogens with zero attached hydrogens (tertiary/aromatic N) is 2. The van der Waals surface area contributed by atoms with E-state index < -0.39 is 12.2 Å². The van der Waals surface area contributed by atoms with Crippen LogP contribution in [0.3, 0.4) is 0 Å². The van der Waals surface area contributed by atoms with E-state index in [1.165, 1.54) is 0 Å². The van der Waals surface area contributed by atoms with Crippen LogP contribution in [0.1, 0.15) is 80.1 Å². The molecule has 156 valence electrons. The van der Waals surface area contributed by atoms with Gasteiger partial charge in [0.1, 0.15) is 12.2 Å². The van der Waals surface area contributed by atoms with Crippen LogP contribution in [0.2, 0.25) is 0 Å². The number of hydrogen-bond acceptors (Lipinski definition) is 3. The molecular weight excluding hydrogens is 340 g/mol. The minimum atomic E-state index is -0.540. The van der Waals surface area contributed by atoms with Crippen molar-refractivity contribution in [3.8, 4) is 0 Å². The zero-order valence-corrected chi connectivity index (χ0v) is 18.3. The number of carbonyl (C=O) groups excluding carboxylic acids is 2. The molecule has 0 saturated carbocycles. The molecule has 0 aliphatic carbocycles. The van der Waals surface area contributed by atoms with Gasteiger partial charge in [0.15, 0.2) is 0 Å². The second-order valence-corrected chi connectivity index (χ2v) is 10.7. The Labute approximate surface area is 165 Å². The quantitative estimate of drug-likeness (QED) is 0.703. The molecule has 0 aromatic rings. The molecule has 2 rings (SSSR count). The van der Waals surface area contributed by atoms with Gasteiger partial charge in [0.2, 0.25) is 0 Å². The van der Waals surface area contributed by atoms with Gasteiger partial charge in [-0.25, -0.2) is 0 Å². The van der Waals surface area contributed by atoms with Gasteiger partial charge in [-0.1, -0.05) is 41.5 Å². The lowest BCUT2D eigenvalue weighted by Gasteiger charge is -2.34. The van der Waals surface area contributed by atoms with Crippen molar-refractivity contribution in [2.45, 2.75) is 92.3 Å². The lowest BCUT2D eigenvalue weighted by Crippen LogP contribution is -2.47. The Morgan fingerprint density at radius 2 is 1.00 bits per heavy atom. The van der Waals surface area contributed by atoms with E-state index in [9.17, 15) is 9.59 Å². The third-order valence-electron chi connectivity index (χ3n) is 5.31. The Balaban J connectivity index is 2.18. The summed E-state index contributed by atoms with van der Waals surface area (Å²) in [6.07, 6.45) is 4.44. The summed E-state index contributed by atoms with van der Waals surface area (Å²) < 4.78 is 6.37. The van der Waals surface area contributed by atoms with Crippen molar-refractivity contribution in [3.05, 3.63) is 0 Å². The lowest BCUT2D eigenvalue weighted by molar-refractivity contribution is -0.161. The molecule has 2 fully saturated rings. The molecular formula is C22H40N2O3. The Kier molecular flexibility index (Phi) is 7.34. The van der Waals surface area contributed by atoms with Crippen LogP contribution >= 0.6 is 0 Å². The molecule has 2 amide bonds. The highest BCUT2D eigenvalue weighted by Gasteiger charge is 2.37. The fourth-order valence-electron chi connectivity index (χ4n) is 3.98. The smallest absolute Gasteiger partial charge is 0.251 e. The maximum Gasteiger partial charge on any atom is 0.251 e. The molecule has 2 atom stereocenters. The Morgan fingerprint density at radius 3 is 1.26 bits per heavy atom. The van der Waals surface area contributed by atoms with Gasteiger partial charge in [-0.3, -0.25) is 9.59 Å². The van der Waals surface area contributed by atoms with Crippen molar-refractivity contribution in [2.24, 2.45) is 10.8 Å². The van der Waals surface area contributed by atoms with Crippen molar-refractivity contribution in [1.82, 2.24) is 9.80 Å². The van der Waals surface area contributed by atoms with Crippen molar-refractivity contribution in [2.75, 3.05) is 26.2 Å². The summed E-state index contributed by atoms with van der Waals surface area (Å²) in [5.41, 5.74) is -0.0773. The van der Waals surface area contributed by atoms with Gasteiger partial charge in [-0.15, -0.1) is 0 Å². The van der Waals surface area contributed by atoms with Crippen LogP contribution in [0.25, 0.3) is 0 Å². The van der Waals surface area contributed by atoms with Crippen molar-refractivity contribution < 1.29 is 14.3 Å². The average Bonchev–Trinajstić information content (AvgIpc) is 3.22. The summed E-state index contributed by atoms with van der Waals surface area (Å²) in [6.45, 7) is 16.0. The fourth-order valence-corrected chi connectivity index (χ4v) is 3.98. The normalized spacial score (nSPS) is 20.8. The van der Waals surface area contributed by atoms with E-state index in [0.717, 1.165) is 51.9 Å². The zero-order valence-electron chi connectivity index (χ0n) is 18.3. The van der Waals surface area contributed by atoms with Gasteiger partial charge < -0.3 is 14.5 Å². The van der Waals surface area contributed by atoms with Crippen LogP contribution in [0, 0.1) is 10.8 Å². The molecule has 2 saturated heterocycles. The lowest BCUT2D eigenvalue weighted by atomic mass is 9.87. The monoisotopic (exact) mass is 380 g/mol. The maximum atomic E-state index is 13.1. The number of ether oxygens (including phenoxy) is 1. The summed E-state index contributed by atoms with van der Waals surface area (Å²) in [6, 6.07) is 0. The van der Waals surface area contributed by atoms with E-state index in [1.807, 2.05) is 9.80 Å². The van der Waals surface area contributed by atoms with Gasteiger partial charge in [0, 0.05) is 26.2 Å². The molecule has 0 bridgehead atoms. The van der Waals surface area contributed by atoms with Crippen LogP contribution in [0.5, 0.6) is 0 Å². The first kappa shape index (κ1) is 22.2. The summed E-state index contributed by atoms with van der Waals surface area (Å²) in [7, 11) is 0. The van der Waals surface area contributed by atoms with E-state index in [1.54, 1.807) is 0 Å². The van der Waals surface area contributed by atoms with Crippen molar-refractivity contribution in [1.29, 1.82) is 0 Å². The number of carbonyl (C=O) groups is 2.